The molecule has 0 saturated carbocycles. The van der Waals surface area contributed by atoms with E-state index in [4.69, 9.17) is 10.3 Å². The number of ether oxygens (including phenoxy) is 1. The number of para-hydroxylation sites is 1. The summed E-state index contributed by atoms with van der Waals surface area (Å²) in [5.74, 6) is 0.577. The molecule has 0 unspecified atom stereocenters. The monoisotopic (exact) mass is 547 g/mol. The molecular formula is C31H37N3O4S. The Morgan fingerprint density at radius 3 is 2.31 bits per heavy atom. The van der Waals surface area contributed by atoms with E-state index in [0.717, 1.165) is 60.0 Å². The van der Waals surface area contributed by atoms with E-state index in [1.54, 1.807) is 13.2 Å². The van der Waals surface area contributed by atoms with Gasteiger partial charge in [0.15, 0.2) is 0 Å². The maximum absolute atomic E-state index is 12.0. The number of allylic oxidation sites excluding steroid dienone is 3. The van der Waals surface area contributed by atoms with Crippen LogP contribution in [0.15, 0.2) is 89.2 Å². The van der Waals surface area contributed by atoms with Crippen LogP contribution in [0, 0.1) is 0 Å². The predicted molar refractivity (Wildman–Crippen MR) is 157 cm³/mol. The van der Waals surface area contributed by atoms with Crippen LogP contribution in [-0.4, -0.2) is 30.6 Å². The van der Waals surface area contributed by atoms with Gasteiger partial charge in [-0.1, -0.05) is 75.2 Å². The Kier molecular flexibility index (Phi) is 11.1. The quantitative estimate of drug-likeness (QED) is 0.156. The van der Waals surface area contributed by atoms with Gasteiger partial charge in [0.25, 0.3) is 10.1 Å². The summed E-state index contributed by atoms with van der Waals surface area (Å²) in [5, 5.41) is 4.76. The first-order valence-electron chi connectivity index (χ1n) is 13.3. The molecule has 0 aliphatic heterocycles. The zero-order valence-corrected chi connectivity index (χ0v) is 23.7. The maximum atomic E-state index is 12.0. The number of hydrogen-bond acceptors (Lipinski definition) is 4. The molecular weight excluding hydrogens is 510 g/mol. The van der Waals surface area contributed by atoms with Crippen molar-refractivity contribution in [2.45, 2.75) is 63.7 Å². The van der Waals surface area contributed by atoms with Gasteiger partial charge in [-0.25, -0.2) is 0 Å². The second kappa shape index (κ2) is 14.4. The highest BCUT2D eigenvalue weighted by molar-refractivity contribution is 7.86. The summed E-state index contributed by atoms with van der Waals surface area (Å²) in [7, 11) is -2.68. The van der Waals surface area contributed by atoms with Crippen molar-refractivity contribution in [1.29, 1.82) is 0 Å². The predicted octanol–water partition coefficient (Wildman–Crippen LogP) is 7.36. The molecule has 0 saturated heterocycles. The van der Waals surface area contributed by atoms with Crippen LogP contribution in [-0.2, 0) is 27.7 Å². The molecule has 2 N–H and O–H groups in total. The largest absolute Gasteiger partial charge is 0.490 e. The maximum Gasteiger partial charge on any atom is 0.337 e. The molecule has 4 rings (SSSR count). The SMILES string of the molecule is CCCCc1cc2ccccc2c(S(=O)(=O)O)c1CCCC.COC1=CC(Nc2ccccc2)=CCC1=[N+]=[N-]. The third-order valence-corrected chi connectivity index (χ3v) is 7.51. The normalized spacial score (nSPS) is 13.1. The highest BCUT2D eigenvalue weighted by Crippen LogP contribution is 2.32. The Labute approximate surface area is 231 Å². The first-order valence-corrected chi connectivity index (χ1v) is 14.8. The smallest absolute Gasteiger partial charge is 0.337 e. The minimum absolute atomic E-state index is 0.116. The molecule has 0 radical (unpaired) electrons. The van der Waals surface area contributed by atoms with Crippen LogP contribution in [0.4, 0.5) is 5.69 Å². The fraction of sp³-hybridized carbons (Fsp3) is 0.323. The topological polar surface area (TPSA) is 112 Å². The Morgan fingerprint density at radius 2 is 1.67 bits per heavy atom. The number of methoxy groups -OCH3 is 1. The molecule has 1 aliphatic rings. The molecule has 1 aliphatic carbocycles. The van der Waals surface area contributed by atoms with Gasteiger partial charge in [0.05, 0.1) is 13.5 Å². The molecule has 0 spiro atoms. The summed E-state index contributed by atoms with van der Waals surface area (Å²) in [6.45, 7) is 4.20. The number of aryl methyl sites for hydroxylation is 1. The third-order valence-electron chi connectivity index (χ3n) is 6.52. The molecule has 0 amide bonds. The zero-order valence-electron chi connectivity index (χ0n) is 22.9. The van der Waals surface area contributed by atoms with Crippen molar-refractivity contribution in [1.82, 2.24) is 0 Å². The van der Waals surface area contributed by atoms with E-state index >= 15 is 0 Å². The molecule has 3 aromatic carbocycles. The van der Waals surface area contributed by atoms with Crippen molar-refractivity contribution in [2.24, 2.45) is 0 Å². The summed E-state index contributed by atoms with van der Waals surface area (Å²) in [5.41, 5.74) is 13.1. The van der Waals surface area contributed by atoms with Gasteiger partial charge in [0, 0.05) is 22.8 Å². The van der Waals surface area contributed by atoms with Crippen LogP contribution >= 0.6 is 0 Å². The van der Waals surface area contributed by atoms with Crippen molar-refractivity contribution in [3.05, 3.63) is 101 Å². The van der Waals surface area contributed by atoms with E-state index in [2.05, 4.69) is 30.0 Å². The van der Waals surface area contributed by atoms with Crippen molar-refractivity contribution in [3.8, 4) is 0 Å². The van der Waals surface area contributed by atoms with Gasteiger partial charge in [-0.05, 0) is 60.4 Å². The van der Waals surface area contributed by atoms with Gasteiger partial charge >= 0.3 is 5.71 Å². The number of unbranched alkanes of at least 4 members (excludes halogenated alkanes) is 2. The molecule has 0 aromatic heterocycles. The first kappa shape index (κ1) is 29.8. The number of rotatable bonds is 10. The van der Waals surface area contributed by atoms with Crippen molar-refractivity contribution < 1.29 is 22.5 Å². The lowest BCUT2D eigenvalue weighted by molar-refractivity contribution is -0.0109. The highest BCUT2D eigenvalue weighted by Gasteiger charge is 2.22. The van der Waals surface area contributed by atoms with Crippen LogP contribution < -0.4 is 5.32 Å². The lowest BCUT2D eigenvalue weighted by atomic mass is 9.94. The second-order valence-electron chi connectivity index (χ2n) is 9.36. The summed E-state index contributed by atoms with van der Waals surface area (Å²) < 4.78 is 39.0. The van der Waals surface area contributed by atoms with E-state index in [9.17, 15) is 13.0 Å². The van der Waals surface area contributed by atoms with Crippen LogP contribution in [0.25, 0.3) is 16.3 Å². The van der Waals surface area contributed by atoms with Crippen molar-refractivity contribution >= 4 is 32.3 Å². The number of nitrogens with zero attached hydrogens (tertiary/aromatic N) is 2. The summed E-state index contributed by atoms with van der Waals surface area (Å²) in [6, 6.07) is 19.3. The molecule has 0 fully saturated rings. The van der Waals surface area contributed by atoms with Gasteiger partial charge in [-0.15, -0.1) is 0 Å². The fourth-order valence-corrected chi connectivity index (χ4v) is 5.57. The van der Waals surface area contributed by atoms with E-state index in [1.807, 2.05) is 60.7 Å². The van der Waals surface area contributed by atoms with Gasteiger partial charge < -0.3 is 15.6 Å². The van der Waals surface area contributed by atoms with Gasteiger partial charge in [-0.2, -0.15) is 13.2 Å². The van der Waals surface area contributed by atoms with Crippen molar-refractivity contribution in [3.63, 3.8) is 0 Å². The average Bonchev–Trinajstić information content (AvgIpc) is 2.94. The first-order chi connectivity index (χ1) is 18.8. The molecule has 0 heterocycles. The number of fused-ring (bicyclic) bond motifs is 1. The fourth-order valence-electron chi connectivity index (χ4n) is 4.56. The molecule has 8 heteroatoms. The third kappa shape index (κ3) is 8.14. The minimum atomic E-state index is -4.24. The van der Waals surface area contributed by atoms with Gasteiger partial charge in [0.1, 0.15) is 4.90 Å². The van der Waals surface area contributed by atoms with Crippen molar-refractivity contribution in [2.75, 3.05) is 12.4 Å². The van der Waals surface area contributed by atoms with Crippen LogP contribution in [0.3, 0.4) is 0 Å². The average molecular weight is 548 g/mol. The second-order valence-corrected chi connectivity index (χ2v) is 10.7. The zero-order chi connectivity index (χ0) is 28.3. The van der Waals surface area contributed by atoms with Gasteiger partial charge in [0.2, 0.25) is 5.76 Å². The number of nitrogens with one attached hydrogen (secondary N) is 1. The molecule has 206 valence electrons. The van der Waals surface area contributed by atoms with Crippen LogP contribution in [0.1, 0.15) is 57.1 Å². The highest BCUT2D eigenvalue weighted by atomic mass is 32.2. The Bertz CT molecular complexity index is 1490. The van der Waals surface area contributed by atoms with Crippen LogP contribution in [0.5, 0.6) is 0 Å². The summed E-state index contributed by atoms with van der Waals surface area (Å²) in [4.78, 5) is 3.31. The standard InChI is InChI=1S/C18H24O3S.C13H13N3O/c1-3-5-9-14-13-15-10-7-8-12-17(15)18(22(19,20)21)16(14)11-6-4-2;1-17-13-9-11(7-8-12(13)16-14)15-10-5-3-2-4-6-10/h7-8,10,12-13H,3-6,9,11H2,1-2H3,(H,19,20,21);2-7,9,15H,8H2,1H3. The number of benzene rings is 3. The number of anilines is 1. The lowest BCUT2D eigenvalue weighted by Crippen LogP contribution is -2.12. The molecule has 3 aromatic rings. The van der Waals surface area contributed by atoms with Crippen LogP contribution in [0.2, 0.25) is 0 Å². The minimum Gasteiger partial charge on any atom is -0.490 e. The van der Waals surface area contributed by atoms with E-state index in [0.29, 0.717) is 29.7 Å². The Hall–Kier alpha value is -3.71. The molecule has 39 heavy (non-hydrogen) atoms. The van der Waals surface area contributed by atoms with E-state index in [1.165, 1.54) is 0 Å². The van der Waals surface area contributed by atoms with Gasteiger partial charge in [-0.3, -0.25) is 4.55 Å². The Balaban J connectivity index is 0.000000223. The molecule has 0 bridgehead atoms. The number of hydrogen-bond donors (Lipinski definition) is 2. The van der Waals surface area contributed by atoms with E-state index < -0.39 is 10.1 Å². The summed E-state index contributed by atoms with van der Waals surface area (Å²) in [6.07, 6.45) is 9.83. The molecule has 0 atom stereocenters. The lowest BCUT2D eigenvalue weighted by Gasteiger charge is -2.16. The summed E-state index contributed by atoms with van der Waals surface area (Å²) >= 11 is 0. The Morgan fingerprint density at radius 1 is 1.00 bits per heavy atom. The van der Waals surface area contributed by atoms with E-state index in [-0.39, 0.29) is 4.90 Å². The molecule has 7 nitrogen and oxygen atoms in total.